The maximum absolute atomic E-state index is 11.8. The fraction of sp³-hybridized carbons (Fsp3) is 0.273. The van der Waals surface area contributed by atoms with E-state index in [4.69, 9.17) is 6.42 Å². The molecule has 0 unspecified atom stereocenters. The SMILES string of the molecule is C#CC(C)(C)NC(=O)c1cccnc1Br. The average Bonchev–Trinajstić information content (AvgIpc) is 2.17. The minimum atomic E-state index is -0.660. The molecule has 1 rings (SSSR count). The number of hydrogen-bond donors (Lipinski definition) is 1. The minimum Gasteiger partial charge on any atom is -0.336 e. The monoisotopic (exact) mass is 266 g/mol. The largest absolute Gasteiger partial charge is 0.336 e. The van der Waals surface area contributed by atoms with E-state index >= 15 is 0 Å². The number of nitrogens with zero attached hydrogens (tertiary/aromatic N) is 1. The minimum absolute atomic E-state index is 0.238. The lowest BCUT2D eigenvalue weighted by Gasteiger charge is -2.19. The summed E-state index contributed by atoms with van der Waals surface area (Å²) in [7, 11) is 0. The van der Waals surface area contributed by atoms with Crippen LogP contribution in [0.2, 0.25) is 0 Å². The second-order valence-electron chi connectivity index (χ2n) is 3.57. The van der Waals surface area contributed by atoms with Crippen LogP contribution in [0.5, 0.6) is 0 Å². The summed E-state index contributed by atoms with van der Waals surface area (Å²) in [6.45, 7) is 3.52. The number of rotatable bonds is 2. The summed E-state index contributed by atoms with van der Waals surface area (Å²) >= 11 is 3.20. The van der Waals surface area contributed by atoms with Gasteiger partial charge in [0.2, 0.25) is 0 Å². The molecule has 78 valence electrons. The molecule has 0 atom stereocenters. The Hall–Kier alpha value is -1.34. The van der Waals surface area contributed by atoms with E-state index in [1.165, 1.54) is 0 Å². The Morgan fingerprint density at radius 2 is 2.33 bits per heavy atom. The molecule has 4 heteroatoms. The first-order valence-electron chi connectivity index (χ1n) is 4.37. The van der Waals surface area contributed by atoms with E-state index in [1.54, 1.807) is 32.2 Å². The first-order valence-corrected chi connectivity index (χ1v) is 5.16. The number of carbonyl (C=O) groups is 1. The zero-order valence-corrected chi connectivity index (χ0v) is 10.1. The van der Waals surface area contributed by atoms with Crippen LogP contribution in [0, 0.1) is 12.3 Å². The van der Waals surface area contributed by atoms with Crippen molar-refractivity contribution in [3.63, 3.8) is 0 Å². The van der Waals surface area contributed by atoms with Gasteiger partial charge in [-0.05, 0) is 41.9 Å². The van der Waals surface area contributed by atoms with Gasteiger partial charge in [0.15, 0.2) is 0 Å². The topological polar surface area (TPSA) is 42.0 Å². The van der Waals surface area contributed by atoms with Crippen LogP contribution in [0.3, 0.4) is 0 Å². The summed E-state index contributed by atoms with van der Waals surface area (Å²) in [5.41, 5.74) is -0.187. The van der Waals surface area contributed by atoms with Gasteiger partial charge in [-0.3, -0.25) is 4.79 Å². The van der Waals surface area contributed by atoms with Gasteiger partial charge in [-0.2, -0.15) is 0 Å². The molecule has 0 radical (unpaired) electrons. The van der Waals surface area contributed by atoms with Crippen molar-refractivity contribution in [2.45, 2.75) is 19.4 Å². The van der Waals surface area contributed by atoms with Crippen molar-refractivity contribution < 1.29 is 4.79 Å². The van der Waals surface area contributed by atoms with Crippen molar-refractivity contribution in [1.29, 1.82) is 0 Å². The number of halogens is 1. The van der Waals surface area contributed by atoms with E-state index in [1.807, 2.05) is 0 Å². The zero-order chi connectivity index (χ0) is 11.5. The fourth-order valence-electron chi connectivity index (χ4n) is 0.943. The molecule has 1 aromatic rings. The molecule has 1 amide bonds. The predicted molar refractivity (Wildman–Crippen MR) is 62.3 cm³/mol. The Balaban J connectivity index is 2.89. The molecule has 0 aliphatic rings. The molecule has 15 heavy (non-hydrogen) atoms. The van der Waals surface area contributed by atoms with Crippen LogP contribution in [0.4, 0.5) is 0 Å². The Morgan fingerprint density at radius 3 is 2.87 bits per heavy atom. The number of amides is 1. The Bertz CT molecular complexity index is 421. The van der Waals surface area contributed by atoms with Crippen LogP contribution < -0.4 is 5.32 Å². The highest BCUT2D eigenvalue weighted by Crippen LogP contribution is 2.13. The molecule has 0 spiro atoms. The van der Waals surface area contributed by atoms with Gasteiger partial charge in [0.25, 0.3) is 5.91 Å². The summed E-state index contributed by atoms with van der Waals surface area (Å²) in [4.78, 5) is 15.7. The number of aromatic nitrogens is 1. The maximum Gasteiger partial charge on any atom is 0.255 e. The standard InChI is InChI=1S/C11H11BrN2O/c1-4-11(2,3)14-10(15)8-6-5-7-13-9(8)12/h1,5-7H,2-3H3,(H,14,15). The third-order valence-corrected chi connectivity index (χ3v) is 2.42. The second-order valence-corrected chi connectivity index (χ2v) is 4.32. The molecule has 0 saturated heterocycles. The lowest BCUT2D eigenvalue weighted by atomic mass is 10.1. The Morgan fingerprint density at radius 1 is 1.67 bits per heavy atom. The molecule has 0 aliphatic heterocycles. The fourth-order valence-corrected chi connectivity index (χ4v) is 1.37. The van der Waals surface area contributed by atoms with Gasteiger partial charge >= 0.3 is 0 Å². The van der Waals surface area contributed by atoms with E-state index in [0.717, 1.165) is 0 Å². The smallest absolute Gasteiger partial charge is 0.255 e. The number of hydrogen-bond acceptors (Lipinski definition) is 2. The van der Waals surface area contributed by atoms with Crippen molar-refractivity contribution in [2.75, 3.05) is 0 Å². The van der Waals surface area contributed by atoms with Crippen molar-refractivity contribution in [2.24, 2.45) is 0 Å². The number of carbonyl (C=O) groups excluding carboxylic acids is 1. The normalized spacial score (nSPS) is 10.5. The van der Waals surface area contributed by atoms with Crippen LogP contribution in [0.15, 0.2) is 22.9 Å². The quantitative estimate of drug-likeness (QED) is 0.657. The van der Waals surface area contributed by atoms with Gasteiger partial charge in [0.05, 0.1) is 11.1 Å². The highest BCUT2D eigenvalue weighted by Gasteiger charge is 2.19. The zero-order valence-electron chi connectivity index (χ0n) is 8.54. The van der Waals surface area contributed by atoms with Gasteiger partial charge in [-0.1, -0.05) is 5.92 Å². The summed E-state index contributed by atoms with van der Waals surface area (Å²) in [5, 5.41) is 2.72. The third-order valence-electron chi connectivity index (χ3n) is 1.79. The van der Waals surface area contributed by atoms with Gasteiger partial charge in [0.1, 0.15) is 4.60 Å². The van der Waals surface area contributed by atoms with E-state index in [-0.39, 0.29) is 5.91 Å². The molecule has 1 heterocycles. The van der Waals surface area contributed by atoms with Crippen molar-refractivity contribution >= 4 is 21.8 Å². The van der Waals surface area contributed by atoms with Crippen molar-refractivity contribution in [3.05, 3.63) is 28.5 Å². The summed E-state index contributed by atoms with van der Waals surface area (Å²) in [6.07, 6.45) is 6.88. The van der Waals surface area contributed by atoms with Crippen molar-refractivity contribution in [1.82, 2.24) is 10.3 Å². The first kappa shape index (κ1) is 11.7. The molecule has 0 fully saturated rings. The van der Waals surface area contributed by atoms with Gasteiger partial charge in [-0.15, -0.1) is 6.42 Å². The maximum atomic E-state index is 11.8. The van der Waals surface area contributed by atoms with Gasteiger partial charge in [-0.25, -0.2) is 4.98 Å². The molecule has 0 bridgehead atoms. The molecule has 1 aromatic heterocycles. The summed E-state index contributed by atoms with van der Waals surface area (Å²) < 4.78 is 0.510. The van der Waals surface area contributed by atoms with Crippen LogP contribution >= 0.6 is 15.9 Å². The molecular weight excluding hydrogens is 256 g/mol. The number of terminal acetylenes is 1. The second kappa shape index (κ2) is 4.45. The number of nitrogens with one attached hydrogen (secondary N) is 1. The molecule has 0 aliphatic carbocycles. The lowest BCUT2D eigenvalue weighted by molar-refractivity contribution is 0.0928. The Labute approximate surface area is 97.4 Å². The highest BCUT2D eigenvalue weighted by atomic mass is 79.9. The molecular formula is C11H11BrN2O. The molecule has 3 nitrogen and oxygen atoms in total. The van der Waals surface area contributed by atoms with E-state index in [2.05, 4.69) is 32.2 Å². The van der Waals surface area contributed by atoms with Crippen LogP contribution in [-0.4, -0.2) is 16.4 Å². The van der Waals surface area contributed by atoms with Gasteiger partial charge < -0.3 is 5.32 Å². The van der Waals surface area contributed by atoms with Crippen LogP contribution in [-0.2, 0) is 0 Å². The summed E-state index contributed by atoms with van der Waals surface area (Å²) in [6, 6.07) is 3.38. The van der Waals surface area contributed by atoms with E-state index in [0.29, 0.717) is 10.2 Å². The lowest BCUT2D eigenvalue weighted by Crippen LogP contribution is -2.42. The van der Waals surface area contributed by atoms with Crippen molar-refractivity contribution in [3.8, 4) is 12.3 Å². The third kappa shape index (κ3) is 3.07. The van der Waals surface area contributed by atoms with E-state index < -0.39 is 5.54 Å². The highest BCUT2D eigenvalue weighted by molar-refractivity contribution is 9.10. The average molecular weight is 267 g/mol. The van der Waals surface area contributed by atoms with E-state index in [9.17, 15) is 4.79 Å². The summed E-state index contributed by atoms with van der Waals surface area (Å²) in [5.74, 6) is 2.26. The molecule has 1 N–H and O–H groups in total. The predicted octanol–water partition coefficient (Wildman–Crippen LogP) is 1.99. The molecule has 0 aromatic carbocycles. The Kier molecular flexibility index (Phi) is 3.48. The molecule has 0 saturated carbocycles. The first-order chi connectivity index (χ1) is 6.96. The van der Waals surface area contributed by atoms with Crippen LogP contribution in [0.25, 0.3) is 0 Å². The number of pyridine rings is 1. The van der Waals surface area contributed by atoms with Crippen LogP contribution in [0.1, 0.15) is 24.2 Å². The van der Waals surface area contributed by atoms with Gasteiger partial charge in [0, 0.05) is 6.20 Å².